The molecule has 0 bridgehead atoms. The molecule has 0 saturated carbocycles. The number of rotatable bonds is 2. The van der Waals surface area contributed by atoms with E-state index in [9.17, 15) is 13.2 Å². The Bertz CT molecular complexity index is 329. The number of ether oxygens (including phenoxy) is 1. The van der Waals surface area contributed by atoms with E-state index >= 15 is 0 Å². The van der Waals surface area contributed by atoms with Gasteiger partial charge in [0.2, 0.25) is 0 Å². The minimum absolute atomic E-state index is 0.0199. The Labute approximate surface area is 82.6 Å². The fourth-order valence-electron chi connectivity index (χ4n) is 0.805. The van der Waals surface area contributed by atoms with E-state index in [0.717, 1.165) is 6.20 Å². The molecular weight excluding hydrogens is 221 g/mol. The molecule has 0 saturated heterocycles. The van der Waals surface area contributed by atoms with Crippen LogP contribution in [-0.4, -0.2) is 11.3 Å². The molecule has 0 aromatic carbocycles. The second-order valence-corrected chi connectivity index (χ2v) is 2.66. The van der Waals surface area contributed by atoms with Crippen molar-refractivity contribution in [1.29, 1.82) is 0 Å². The molecule has 78 valence electrons. The zero-order valence-electron chi connectivity index (χ0n) is 6.81. The molecule has 7 heteroatoms. The number of halogens is 4. The van der Waals surface area contributed by atoms with Crippen molar-refractivity contribution in [2.24, 2.45) is 0 Å². The number of anilines is 1. The molecular formula is C7H6ClF3N2O. The van der Waals surface area contributed by atoms with E-state index in [0.29, 0.717) is 5.56 Å². The predicted octanol–water partition coefficient (Wildman–Crippen LogP) is 2.30. The highest BCUT2D eigenvalue weighted by molar-refractivity contribution is 6.17. The molecule has 0 fully saturated rings. The number of aromatic nitrogens is 1. The van der Waals surface area contributed by atoms with Crippen LogP contribution < -0.4 is 10.5 Å². The number of pyridine rings is 1. The maximum Gasteiger partial charge on any atom is 0.573 e. The molecule has 0 aliphatic heterocycles. The van der Waals surface area contributed by atoms with Crippen molar-refractivity contribution in [3.63, 3.8) is 0 Å². The lowest BCUT2D eigenvalue weighted by Crippen LogP contribution is -2.18. The van der Waals surface area contributed by atoms with Gasteiger partial charge < -0.3 is 10.5 Å². The van der Waals surface area contributed by atoms with Gasteiger partial charge in [-0.3, -0.25) is 4.98 Å². The van der Waals surface area contributed by atoms with Crippen LogP contribution in [0.2, 0.25) is 0 Å². The third-order valence-corrected chi connectivity index (χ3v) is 1.69. The summed E-state index contributed by atoms with van der Waals surface area (Å²) in [6, 6.07) is 0. The third-order valence-electron chi connectivity index (χ3n) is 1.40. The maximum atomic E-state index is 11.8. The van der Waals surface area contributed by atoms with Gasteiger partial charge in [0, 0.05) is 11.8 Å². The molecule has 1 heterocycles. The van der Waals surface area contributed by atoms with Crippen LogP contribution in [0.5, 0.6) is 5.75 Å². The van der Waals surface area contributed by atoms with Gasteiger partial charge in [-0.1, -0.05) is 0 Å². The zero-order valence-corrected chi connectivity index (χ0v) is 7.56. The smallest absolute Gasteiger partial charge is 0.402 e. The topological polar surface area (TPSA) is 48.1 Å². The molecule has 1 aromatic heterocycles. The lowest BCUT2D eigenvalue weighted by atomic mass is 10.2. The van der Waals surface area contributed by atoms with Gasteiger partial charge in [-0.15, -0.1) is 24.8 Å². The Kier molecular flexibility index (Phi) is 3.05. The Hall–Kier alpha value is -1.17. The second-order valence-electron chi connectivity index (χ2n) is 2.39. The summed E-state index contributed by atoms with van der Waals surface area (Å²) in [4.78, 5) is 3.51. The lowest BCUT2D eigenvalue weighted by molar-refractivity contribution is -0.274. The van der Waals surface area contributed by atoms with Crippen molar-refractivity contribution in [2.75, 3.05) is 5.73 Å². The van der Waals surface area contributed by atoms with Crippen LogP contribution in [0.15, 0.2) is 12.4 Å². The first-order valence-electron chi connectivity index (χ1n) is 3.48. The summed E-state index contributed by atoms with van der Waals surface area (Å²) in [6.45, 7) is 0. The first-order chi connectivity index (χ1) is 6.44. The van der Waals surface area contributed by atoms with Crippen LogP contribution in [0.25, 0.3) is 0 Å². The van der Waals surface area contributed by atoms with Crippen molar-refractivity contribution in [3.8, 4) is 5.75 Å². The first-order valence-corrected chi connectivity index (χ1v) is 4.01. The van der Waals surface area contributed by atoms with Gasteiger partial charge in [-0.2, -0.15) is 0 Å². The van der Waals surface area contributed by atoms with Crippen LogP contribution in [-0.2, 0) is 5.88 Å². The monoisotopic (exact) mass is 226 g/mol. The van der Waals surface area contributed by atoms with Crippen molar-refractivity contribution >= 4 is 17.3 Å². The molecule has 0 atom stereocenters. The minimum atomic E-state index is -4.78. The largest absolute Gasteiger partial charge is 0.573 e. The van der Waals surface area contributed by atoms with Gasteiger partial charge >= 0.3 is 6.36 Å². The summed E-state index contributed by atoms with van der Waals surface area (Å²) in [5.74, 6) is -0.552. The minimum Gasteiger partial charge on any atom is -0.402 e. The van der Waals surface area contributed by atoms with Crippen LogP contribution >= 0.6 is 11.6 Å². The lowest BCUT2D eigenvalue weighted by Gasteiger charge is -2.11. The normalized spacial score (nSPS) is 11.4. The number of hydrogen-bond donors (Lipinski definition) is 1. The Morgan fingerprint density at radius 2 is 2.07 bits per heavy atom. The summed E-state index contributed by atoms with van der Waals surface area (Å²) >= 11 is 5.42. The van der Waals surface area contributed by atoms with Gasteiger partial charge in [0.25, 0.3) is 0 Å². The van der Waals surface area contributed by atoms with Crippen LogP contribution in [0.3, 0.4) is 0 Å². The molecule has 0 aliphatic carbocycles. The molecule has 0 spiro atoms. The molecule has 1 aromatic rings. The number of alkyl halides is 4. The summed E-state index contributed by atoms with van der Waals surface area (Å²) in [7, 11) is 0. The highest BCUT2D eigenvalue weighted by atomic mass is 35.5. The molecule has 2 N–H and O–H groups in total. The molecule has 3 nitrogen and oxygen atoms in total. The van der Waals surface area contributed by atoms with E-state index in [2.05, 4.69) is 9.72 Å². The summed E-state index contributed by atoms with van der Waals surface area (Å²) in [6.07, 6.45) is -2.61. The van der Waals surface area contributed by atoms with Gasteiger partial charge in [0.15, 0.2) is 5.75 Å². The van der Waals surface area contributed by atoms with Crippen LogP contribution in [0, 0.1) is 0 Å². The van der Waals surface area contributed by atoms with E-state index < -0.39 is 12.1 Å². The van der Waals surface area contributed by atoms with E-state index in [-0.39, 0.29) is 11.6 Å². The summed E-state index contributed by atoms with van der Waals surface area (Å²) in [5, 5.41) is 0. The second kappa shape index (κ2) is 3.91. The molecule has 14 heavy (non-hydrogen) atoms. The zero-order chi connectivity index (χ0) is 10.8. The standard InChI is InChI=1S/C7H6ClF3N2O/c8-1-4-2-13-3-5(6(4)12)14-7(9,10)11/h2-3H,1H2,(H2,12,13). The van der Waals surface area contributed by atoms with Crippen molar-refractivity contribution in [2.45, 2.75) is 12.2 Å². The molecule has 0 amide bonds. The highest BCUT2D eigenvalue weighted by Crippen LogP contribution is 2.30. The van der Waals surface area contributed by atoms with E-state index in [1.807, 2.05) is 0 Å². The summed E-state index contributed by atoms with van der Waals surface area (Å²) in [5.41, 5.74) is 5.51. The van der Waals surface area contributed by atoms with E-state index in [1.165, 1.54) is 6.20 Å². The highest BCUT2D eigenvalue weighted by Gasteiger charge is 2.32. The summed E-state index contributed by atoms with van der Waals surface area (Å²) < 4.78 is 39.1. The maximum absolute atomic E-state index is 11.8. The predicted molar refractivity (Wildman–Crippen MR) is 44.9 cm³/mol. The average Bonchev–Trinajstić information content (AvgIpc) is 2.06. The Morgan fingerprint density at radius 3 is 2.57 bits per heavy atom. The van der Waals surface area contributed by atoms with Crippen LogP contribution in [0.4, 0.5) is 18.9 Å². The van der Waals surface area contributed by atoms with E-state index in [1.54, 1.807) is 0 Å². The Morgan fingerprint density at radius 1 is 1.43 bits per heavy atom. The number of nitrogens with two attached hydrogens (primary N) is 1. The number of nitrogens with zero attached hydrogens (tertiary/aromatic N) is 1. The fraction of sp³-hybridized carbons (Fsp3) is 0.286. The van der Waals surface area contributed by atoms with Crippen molar-refractivity contribution in [1.82, 2.24) is 4.98 Å². The first kappa shape index (κ1) is 10.9. The van der Waals surface area contributed by atoms with Gasteiger partial charge in [0.05, 0.1) is 17.8 Å². The number of nitrogen functional groups attached to an aromatic ring is 1. The quantitative estimate of drug-likeness (QED) is 0.787. The van der Waals surface area contributed by atoms with Gasteiger partial charge in [0.1, 0.15) is 0 Å². The van der Waals surface area contributed by atoms with E-state index in [4.69, 9.17) is 17.3 Å². The van der Waals surface area contributed by atoms with Crippen molar-refractivity contribution in [3.05, 3.63) is 18.0 Å². The molecule has 1 rings (SSSR count). The van der Waals surface area contributed by atoms with Gasteiger partial charge in [-0.25, -0.2) is 0 Å². The number of hydrogen-bond acceptors (Lipinski definition) is 3. The third kappa shape index (κ3) is 2.66. The van der Waals surface area contributed by atoms with Crippen LogP contribution in [0.1, 0.15) is 5.56 Å². The Balaban J connectivity index is 2.98. The SMILES string of the molecule is Nc1c(CCl)cncc1OC(F)(F)F. The molecule has 0 unspecified atom stereocenters. The average molecular weight is 227 g/mol. The molecule has 0 radical (unpaired) electrons. The fourth-order valence-corrected chi connectivity index (χ4v) is 1.02. The molecule has 0 aliphatic rings. The van der Waals surface area contributed by atoms with Crippen molar-refractivity contribution < 1.29 is 17.9 Å². The van der Waals surface area contributed by atoms with Gasteiger partial charge in [-0.05, 0) is 0 Å².